The third-order valence-electron chi connectivity index (χ3n) is 3.46. The Labute approximate surface area is 125 Å². The largest absolute Gasteiger partial charge is 0.348 e. The molecule has 2 aromatic rings. The lowest BCUT2D eigenvalue weighted by Crippen LogP contribution is -2.29. The number of H-pyrrole nitrogens is 1. The molecule has 20 heavy (non-hydrogen) atoms. The summed E-state index contributed by atoms with van der Waals surface area (Å²) in [6.07, 6.45) is 5.32. The van der Waals surface area contributed by atoms with E-state index in [4.69, 9.17) is 12.2 Å². The Morgan fingerprint density at radius 3 is 2.85 bits per heavy atom. The molecule has 0 unspecified atom stereocenters. The zero-order valence-corrected chi connectivity index (χ0v) is 12.7. The number of hydrogen-bond donors (Lipinski definition) is 1. The van der Waals surface area contributed by atoms with Gasteiger partial charge in [-0.15, -0.1) is 6.58 Å². The summed E-state index contributed by atoms with van der Waals surface area (Å²) >= 11 is 6.66. The van der Waals surface area contributed by atoms with Gasteiger partial charge in [-0.2, -0.15) is 0 Å². The summed E-state index contributed by atoms with van der Waals surface area (Å²) in [5, 5.41) is 0.916. The van der Waals surface area contributed by atoms with Crippen LogP contribution in [0.3, 0.4) is 0 Å². The smallest absolute Gasteiger partial charge is 0.274 e. The van der Waals surface area contributed by atoms with Gasteiger partial charge in [0.25, 0.3) is 5.56 Å². The van der Waals surface area contributed by atoms with E-state index in [9.17, 15) is 4.79 Å². The van der Waals surface area contributed by atoms with Crippen molar-refractivity contribution in [1.29, 1.82) is 0 Å². The maximum absolute atomic E-state index is 12.4. The zero-order valence-electron chi connectivity index (χ0n) is 11.1. The number of rotatable bonds is 3. The van der Waals surface area contributed by atoms with Crippen LogP contribution >= 0.6 is 23.6 Å². The lowest BCUT2D eigenvalue weighted by molar-refractivity contribution is 0.577. The Kier molecular flexibility index (Phi) is 3.71. The van der Waals surface area contributed by atoms with Crippen LogP contribution in [0.1, 0.15) is 19.3 Å². The van der Waals surface area contributed by atoms with E-state index in [1.54, 1.807) is 6.08 Å². The van der Waals surface area contributed by atoms with E-state index in [1.807, 2.05) is 0 Å². The molecule has 0 radical (unpaired) electrons. The van der Waals surface area contributed by atoms with Gasteiger partial charge in [-0.05, 0) is 31.5 Å². The average Bonchev–Trinajstić information content (AvgIpc) is 2.88. The van der Waals surface area contributed by atoms with Crippen molar-refractivity contribution in [3.8, 4) is 0 Å². The van der Waals surface area contributed by atoms with Crippen LogP contribution in [0.2, 0.25) is 0 Å². The van der Waals surface area contributed by atoms with Crippen molar-refractivity contribution in [1.82, 2.24) is 14.5 Å². The molecule has 3 heterocycles. The van der Waals surface area contributed by atoms with Gasteiger partial charge in [-0.25, -0.2) is 4.98 Å². The molecule has 1 fully saturated rings. The molecule has 0 amide bonds. The highest BCUT2D eigenvalue weighted by atomic mass is 32.1. The van der Waals surface area contributed by atoms with Crippen LogP contribution in [0.5, 0.6) is 0 Å². The third kappa shape index (κ3) is 2.31. The molecule has 0 spiro atoms. The minimum atomic E-state index is -0.0793. The number of anilines is 1. The second-order valence-corrected chi connectivity index (χ2v) is 6.22. The van der Waals surface area contributed by atoms with Gasteiger partial charge in [0.05, 0.1) is 0 Å². The molecule has 1 aliphatic heterocycles. The van der Waals surface area contributed by atoms with E-state index in [2.05, 4.69) is 21.4 Å². The number of aromatic nitrogens is 3. The number of allylic oxidation sites excluding steroid dienone is 1. The molecule has 1 N–H and O–H groups in total. The number of nitrogens with one attached hydrogen (secondary N) is 1. The number of thiazole rings is 1. The van der Waals surface area contributed by atoms with Crippen LogP contribution in [0.25, 0.3) is 10.3 Å². The molecule has 0 atom stereocenters. The first kappa shape index (κ1) is 13.5. The Morgan fingerprint density at radius 1 is 1.40 bits per heavy atom. The highest BCUT2D eigenvalue weighted by molar-refractivity contribution is 7.71. The second kappa shape index (κ2) is 5.49. The van der Waals surface area contributed by atoms with Crippen molar-refractivity contribution in [3.63, 3.8) is 0 Å². The predicted octanol–water partition coefficient (Wildman–Crippen LogP) is 2.69. The van der Waals surface area contributed by atoms with Crippen LogP contribution in [-0.4, -0.2) is 27.6 Å². The monoisotopic (exact) mass is 308 g/mol. The second-order valence-electron chi connectivity index (χ2n) is 4.86. The van der Waals surface area contributed by atoms with Crippen LogP contribution in [-0.2, 0) is 6.54 Å². The standard InChI is InChI=1S/C13H16N4OS2/c1-2-6-17-11(18)9-10(14-12(17)19)15-13(20-9)16-7-4-3-5-8-16/h2H,1,3-8H2,(H,14,19). The van der Waals surface area contributed by atoms with Crippen LogP contribution in [0.15, 0.2) is 17.4 Å². The minimum absolute atomic E-state index is 0.0793. The van der Waals surface area contributed by atoms with Gasteiger partial charge in [0, 0.05) is 19.6 Å². The van der Waals surface area contributed by atoms with Gasteiger partial charge < -0.3 is 9.88 Å². The highest BCUT2D eigenvalue weighted by Gasteiger charge is 2.17. The van der Waals surface area contributed by atoms with Crippen molar-refractivity contribution < 1.29 is 0 Å². The van der Waals surface area contributed by atoms with E-state index in [0.29, 0.717) is 21.7 Å². The fraction of sp³-hybridized carbons (Fsp3) is 0.462. The molecular weight excluding hydrogens is 292 g/mol. The summed E-state index contributed by atoms with van der Waals surface area (Å²) in [7, 11) is 0. The molecular formula is C13H16N4OS2. The predicted molar refractivity (Wildman–Crippen MR) is 85.3 cm³/mol. The van der Waals surface area contributed by atoms with Crippen molar-refractivity contribution in [2.75, 3.05) is 18.0 Å². The summed E-state index contributed by atoms with van der Waals surface area (Å²) in [6.45, 7) is 6.10. The fourth-order valence-corrected chi connectivity index (χ4v) is 3.71. The lowest BCUT2D eigenvalue weighted by Gasteiger charge is -2.25. The first-order valence-electron chi connectivity index (χ1n) is 6.70. The Balaban J connectivity index is 2.11. The summed E-state index contributed by atoms with van der Waals surface area (Å²) in [5.74, 6) is 0. The van der Waals surface area contributed by atoms with Crippen molar-refractivity contribution in [2.24, 2.45) is 0 Å². The molecule has 5 nitrogen and oxygen atoms in total. The molecule has 0 aromatic carbocycles. The summed E-state index contributed by atoms with van der Waals surface area (Å²) in [6, 6.07) is 0. The minimum Gasteiger partial charge on any atom is -0.348 e. The van der Waals surface area contributed by atoms with E-state index in [1.165, 1.54) is 35.2 Å². The fourth-order valence-electron chi connectivity index (χ4n) is 2.44. The Morgan fingerprint density at radius 2 is 2.15 bits per heavy atom. The van der Waals surface area contributed by atoms with Gasteiger partial charge in [0.15, 0.2) is 15.5 Å². The number of aromatic amines is 1. The molecule has 1 aliphatic rings. The number of piperidine rings is 1. The quantitative estimate of drug-likeness (QED) is 0.700. The summed E-state index contributed by atoms with van der Waals surface area (Å²) < 4.78 is 2.56. The van der Waals surface area contributed by atoms with Crippen molar-refractivity contribution in [2.45, 2.75) is 25.8 Å². The topological polar surface area (TPSA) is 53.9 Å². The molecule has 2 aromatic heterocycles. The van der Waals surface area contributed by atoms with Gasteiger partial charge in [-0.1, -0.05) is 17.4 Å². The van der Waals surface area contributed by atoms with Gasteiger partial charge in [0.1, 0.15) is 4.70 Å². The normalized spacial score (nSPS) is 15.7. The third-order valence-corrected chi connectivity index (χ3v) is 4.89. The van der Waals surface area contributed by atoms with E-state index >= 15 is 0 Å². The van der Waals surface area contributed by atoms with Crippen LogP contribution in [0.4, 0.5) is 5.13 Å². The van der Waals surface area contributed by atoms with Gasteiger partial charge in [-0.3, -0.25) is 9.36 Å². The van der Waals surface area contributed by atoms with Gasteiger partial charge >= 0.3 is 0 Å². The first-order chi connectivity index (χ1) is 9.70. The molecule has 3 rings (SSSR count). The van der Waals surface area contributed by atoms with E-state index in [0.717, 1.165) is 18.2 Å². The molecule has 7 heteroatoms. The van der Waals surface area contributed by atoms with E-state index in [-0.39, 0.29) is 5.56 Å². The van der Waals surface area contributed by atoms with Crippen molar-refractivity contribution >= 4 is 39.0 Å². The highest BCUT2D eigenvalue weighted by Crippen LogP contribution is 2.27. The maximum atomic E-state index is 12.4. The molecule has 106 valence electrons. The molecule has 0 saturated carbocycles. The zero-order chi connectivity index (χ0) is 14.1. The summed E-state index contributed by atoms with van der Waals surface area (Å²) in [5.41, 5.74) is 0.523. The Hall–Kier alpha value is -1.47. The van der Waals surface area contributed by atoms with Gasteiger partial charge in [0.2, 0.25) is 0 Å². The SMILES string of the molecule is C=CCn1c(=S)[nH]c2nc(N3CCCCC3)sc2c1=O. The average molecular weight is 308 g/mol. The maximum Gasteiger partial charge on any atom is 0.274 e. The van der Waals surface area contributed by atoms with Crippen molar-refractivity contribution in [3.05, 3.63) is 27.8 Å². The molecule has 0 bridgehead atoms. The van der Waals surface area contributed by atoms with Crippen LogP contribution < -0.4 is 10.5 Å². The van der Waals surface area contributed by atoms with E-state index < -0.39 is 0 Å². The summed E-state index contributed by atoms with van der Waals surface area (Å²) in [4.78, 5) is 22.3. The molecule has 0 aliphatic carbocycles. The molecule has 1 saturated heterocycles. The Bertz CT molecular complexity index is 752. The van der Waals surface area contributed by atoms with Crippen LogP contribution in [0, 0.1) is 4.77 Å². The number of nitrogens with zero attached hydrogens (tertiary/aromatic N) is 3. The first-order valence-corrected chi connectivity index (χ1v) is 7.92. The number of fused-ring (bicyclic) bond motifs is 1. The number of hydrogen-bond acceptors (Lipinski definition) is 5. The lowest BCUT2D eigenvalue weighted by atomic mass is 10.1.